The number of fused-ring (bicyclic) bond motifs is 5. The second-order valence-corrected chi connectivity index (χ2v) is 14.2. The van der Waals surface area contributed by atoms with E-state index in [2.05, 4.69) is 19.2 Å². The van der Waals surface area contributed by atoms with Crippen molar-refractivity contribution in [3.8, 4) is 0 Å². The number of hydrogen-bond donors (Lipinski definition) is 1. The molecule has 1 aliphatic heterocycles. The molecule has 1 saturated heterocycles. The van der Waals surface area contributed by atoms with Crippen LogP contribution in [0.4, 0.5) is 4.79 Å². The van der Waals surface area contributed by atoms with Gasteiger partial charge in [-0.25, -0.2) is 4.79 Å². The first-order valence-corrected chi connectivity index (χ1v) is 16.1. The van der Waals surface area contributed by atoms with Gasteiger partial charge in [0.1, 0.15) is 18.8 Å². The third-order valence-corrected chi connectivity index (χ3v) is 12.3. The van der Waals surface area contributed by atoms with E-state index in [-0.39, 0.29) is 36.0 Å². The first kappa shape index (κ1) is 28.5. The van der Waals surface area contributed by atoms with E-state index >= 15 is 0 Å². The highest BCUT2D eigenvalue weighted by atomic mass is 16.6. The Morgan fingerprint density at radius 3 is 2.46 bits per heavy atom. The average molecular weight is 565 g/mol. The van der Waals surface area contributed by atoms with Gasteiger partial charge in [-0.2, -0.15) is 0 Å². The number of rotatable bonds is 5. The highest BCUT2D eigenvalue weighted by Gasteiger charge is 2.60. The van der Waals surface area contributed by atoms with E-state index in [1.807, 2.05) is 30.3 Å². The zero-order valence-corrected chi connectivity index (χ0v) is 25.1. The topological polar surface area (TPSA) is 84.9 Å². The largest absolute Gasteiger partial charge is 0.463 e. The molecule has 4 saturated carbocycles. The van der Waals surface area contributed by atoms with Gasteiger partial charge in [0.25, 0.3) is 0 Å². The second kappa shape index (κ2) is 11.3. The summed E-state index contributed by atoms with van der Waals surface area (Å²) in [6.45, 7) is 7.28. The lowest BCUT2D eigenvalue weighted by atomic mass is 9.45. The van der Waals surface area contributed by atoms with Crippen molar-refractivity contribution in [2.45, 2.75) is 116 Å². The standard InChI is InChI=1S/C34H48N2O5/c1-22(37)41-25-15-17-33(2)24(20-25)11-12-26-27-13-14-30(34(27,3)18-16-28(26)33)35-31(38)29-10-7-19-36(29)32(39)40-21-23-8-5-4-6-9-23/h4-6,8-9,24-30H,7,10-21H2,1-3H3,(H,35,38). The summed E-state index contributed by atoms with van der Waals surface area (Å²) in [5, 5.41) is 3.47. The molecule has 1 aromatic rings. The van der Waals surface area contributed by atoms with Crippen LogP contribution >= 0.6 is 0 Å². The summed E-state index contributed by atoms with van der Waals surface area (Å²) in [6.07, 6.45) is 11.4. The molecule has 7 nitrogen and oxygen atoms in total. The van der Waals surface area contributed by atoms with Crippen molar-refractivity contribution in [1.82, 2.24) is 10.2 Å². The Morgan fingerprint density at radius 2 is 1.68 bits per heavy atom. The van der Waals surface area contributed by atoms with Crippen LogP contribution in [0, 0.1) is 34.5 Å². The van der Waals surface area contributed by atoms with Gasteiger partial charge in [0.05, 0.1) is 0 Å². The fourth-order valence-electron chi connectivity index (χ4n) is 10.1. The van der Waals surface area contributed by atoms with Crippen molar-refractivity contribution in [3.05, 3.63) is 35.9 Å². The third kappa shape index (κ3) is 5.27. The smallest absolute Gasteiger partial charge is 0.410 e. The number of hydrogen-bond acceptors (Lipinski definition) is 5. The van der Waals surface area contributed by atoms with Gasteiger partial charge >= 0.3 is 12.1 Å². The van der Waals surface area contributed by atoms with Crippen LogP contribution < -0.4 is 5.32 Å². The Bertz CT molecular complexity index is 1140. The molecule has 0 bridgehead atoms. The molecule has 0 radical (unpaired) electrons. The number of nitrogens with one attached hydrogen (secondary N) is 1. The molecule has 1 aromatic carbocycles. The third-order valence-electron chi connectivity index (χ3n) is 12.3. The Labute approximate surface area is 245 Å². The minimum absolute atomic E-state index is 0.00683. The number of likely N-dealkylation sites (tertiary alicyclic amines) is 1. The van der Waals surface area contributed by atoms with Crippen LogP contribution in [-0.2, 0) is 25.7 Å². The summed E-state index contributed by atoms with van der Waals surface area (Å²) in [4.78, 5) is 39.8. The minimum atomic E-state index is -0.445. The highest BCUT2D eigenvalue weighted by molar-refractivity contribution is 5.86. The lowest BCUT2D eigenvalue weighted by molar-refractivity contribution is -0.159. The number of benzene rings is 1. The molecule has 7 heteroatoms. The van der Waals surface area contributed by atoms with Gasteiger partial charge in [-0.1, -0.05) is 44.2 Å². The molecule has 9 atom stereocenters. The van der Waals surface area contributed by atoms with Gasteiger partial charge in [-0.15, -0.1) is 0 Å². The Balaban J connectivity index is 1.08. The van der Waals surface area contributed by atoms with Crippen molar-refractivity contribution in [2.24, 2.45) is 34.5 Å². The molecule has 5 aliphatic rings. The van der Waals surface area contributed by atoms with Gasteiger partial charge in [0, 0.05) is 19.5 Å². The van der Waals surface area contributed by atoms with Gasteiger partial charge < -0.3 is 14.8 Å². The highest BCUT2D eigenvalue weighted by Crippen LogP contribution is 2.66. The molecule has 1 N–H and O–H groups in total. The second-order valence-electron chi connectivity index (χ2n) is 14.2. The van der Waals surface area contributed by atoms with Crippen molar-refractivity contribution >= 4 is 18.0 Å². The van der Waals surface area contributed by atoms with Crippen LogP contribution in [0.15, 0.2) is 30.3 Å². The van der Waals surface area contributed by atoms with Crippen molar-refractivity contribution in [3.63, 3.8) is 0 Å². The van der Waals surface area contributed by atoms with Crippen LogP contribution in [0.25, 0.3) is 0 Å². The summed E-state index contributed by atoms with van der Waals surface area (Å²) in [7, 11) is 0. The van der Waals surface area contributed by atoms with Crippen LogP contribution in [0.1, 0.15) is 97.0 Å². The predicted molar refractivity (Wildman–Crippen MR) is 156 cm³/mol. The lowest BCUT2D eigenvalue weighted by Crippen LogP contribution is -2.57. The Kier molecular flexibility index (Phi) is 7.84. The van der Waals surface area contributed by atoms with E-state index in [0.717, 1.165) is 50.0 Å². The molecule has 6 rings (SSSR count). The normalized spacial score (nSPS) is 39.7. The molecule has 41 heavy (non-hydrogen) atoms. The van der Waals surface area contributed by atoms with Crippen LogP contribution in [-0.4, -0.2) is 47.6 Å². The van der Waals surface area contributed by atoms with Crippen LogP contribution in [0.2, 0.25) is 0 Å². The maximum absolute atomic E-state index is 13.6. The summed E-state index contributed by atoms with van der Waals surface area (Å²) >= 11 is 0. The summed E-state index contributed by atoms with van der Waals surface area (Å²) in [6, 6.07) is 9.40. The molecular weight excluding hydrogens is 516 g/mol. The van der Waals surface area contributed by atoms with E-state index < -0.39 is 12.1 Å². The maximum atomic E-state index is 13.6. The molecule has 224 valence electrons. The quantitative estimate of drug-likeness (QED) is 0.428. The molecule has 0 spiro atoms. The summed E-state index contributed by atoms with van der Waals surface area (Å²) < 4.78 is 11.2. The molecule has 4 aliphatic carbocycles. The molecule has 1 heterocycles. The van der Waals surface area contributed by atoms with E-state index in [9.17, 15) is 14.4 Å². The molecular formula is C34H48N2O5. The zero-order chi connectivity index (χ0) is 28.8. The molecule has 5 fully saturated rings. The summed E-state index contributed by atoms with van der Waals surface area (Å²) in [5.41, 5.74) is 1.38. The predicted octanol–water partition coefficient (Wildman–Crippen LogP) is 6.25. The molecule has 2 amide bonds. The van der Waals surface area contributed by atoms with Crippen molar-refractivity contribution in [2.75, 3.05) is 6.54 Å². The van der Waals surface area contributed by atoms with E-state index in [1.54, 1.807) is 4.90 Å². The molecule has 9 unspecified atom stereocenters. The average Bonchev–Trinajstić information content (AvgIpc) is 3.57. The van der Waals surface area contributed by atoms with Gasteiger partial charge in [0.15, 0.2) is 0 Å². The van der Waals surface area contributed by atoms with E-state index in [0.29, 0.717) is 36.1 Å². The van der Waals surface area contributed by atoms with Gasteiger partial charge in [0.2, 0.25) is 5.91 Å². The van der Waals surface area contributed by atoms with Crippen molar-refractivity contribution < 1.29 is 23.9 Å². The first-order valence-electron chi connectivity index (χ1n) is 16.1. The van der Waals surface area contributed by atoms with Crippen LogP contribution in [0.3, 0.4) is 0 Å². The number of ether oxygens (including phenoxy) is 2. The van der Waals surface area contributed by atoms with E-state index in [4.69, 9.17) is 9.47 Å². The summed E-state index contributed by atoms with van der Waals surface area (Å²) in [5.74, 6) is 2.54. The fraction of sp³-hybridized carbons (Fsp3) is 0.735. The van der Waals surface area contributed by atoms with E-state index in [1.165, 1.54) is 32.6 Å². The number of carbonyl (C=O) groups is 3. The maximum Gasteiger partial charge on any atom is 0.410 e. The molecule has 0 aromatic heterocycles. The van der Waals surface area contributed by atoms with Gasteiger partial charge in [-0.05, 0) is 111 Å². The number of nitrogens with zero attached hydrogens (tertiary/aromatic N) is 1. The minimum Gasteiger partial charge on any atom is -0.463 e. The Hall–Kier alpha value is -2.57. The first-order chi connectivity index (χ1) is 19.7. The number of carbonyl (C=O) groups excluding carboxylic acids is 3. The SMILES string of the molecule is CC(=O)OC1CCC2(C)C(CCC3C2CCC2(C)C(NC(=O)C4CCCN4C(=O)OCc4ccccc4)CCC32)C1. The monoisotopic (exact) mass is 564 g/mol. The Morgan fingerprint density at radius 1 is 0.927 bits per heavy atom. The lowest BCUT2D eigenvalue weighted by Gasteiger charge is -2.61. The van der Waals surface area contributed by atoms with Crippen molar-refractivity contribution in [1.29, 1.82) is 0 Å². The van der Waals surface area contributed by atoms with Crippen LogP contribution in [0.5, 0.6) is 0 Å². The van der Waals surface area contributed by atoms with Gasteiger partial charge in [-0.3, -0.25) is 14.5 Å². The number of esters is 1. The fourth-order valence-corrected chi connectivity index (χ4v) is 10.1. The number of amides is 2. The zero-order valence-electron chi connectivity index (χ0n) is 25.1.